The maximum Gasteiger partial charge on any atom is 0.231 e. The van der Waals surface area contributed by atoms with Crippen molar-refractivity contribution in [3.8, 4) is 0 Å². The van der Waals surface area contributed by atoms with Crippen molar-refractivity contribution in [3.63, 3.8) is 0 Å². The van der Waals surface area contributed by atoms with Crippen molar-refractivity contribution in [3.05, 3.63) is 47.0 Å². The lowest BCUT2D eigenvalue weighted by molar-refractivity contribution is -0.111. The highest BCUT2D eigenvalue weighted by molar-refractivity contribution is 6.08. The van der Waals surface area contributed by atoms with E-state index in [-0.39, 0.29) is 12.6 Å². The molecule has 0 aromatic carbocycles. The first-order valence-corrected chi connectivity index (χ1v) is 4.76. The Kier molecular flexibility index (Phi) is 2.46. The number of ether oxygens (including phenoxy) is 2. The molecule has 78 valence electrons. The largest absolute Gasteiger partial charge is 0.454 e. The van der Waals surface area contributed by atoms with Crippen LogP contribution in [0.15, 0.2) is 47.0 Å². The van der Waals surface area contributed by atoms with Crippen molar-refractivity contribution in [1.29, 1.82) is 0 Å². The number of ketones is 1. The van der Waals surface area contributed by atoms with Crippen LogP contribution in [0.3, 0.4) is 0 Å². The molecule has 0 radical (unpaired) electrons. The van der Waals surface area contributed by atoms with E-state index in [2.05, 4.69) is 0 Å². The Morgan fingerprint density at radius 3 is 2.60 bits per heavy atom. The van der Waals surface area contributed by atoms with Gasteiger partial charge in [-0.2, -0.15) is 0 Å². The molecule has 2 rings (SSSR count). The molecule has 0 N–H and O–H groups in total. The summed E-state index contributed by atoms with van der Waals surface area (Å²) in [5.74, 6) is 1.13. The highest BCUT2D eigenvalue weighted by atomic mass is 16.7. The normalized spacial score (nSPS) is 21.2. The smallest absolute Gasteiger partial charge is 0.231 e. The van der Waals surface area contributed by atoms with Crippen LogP contribution in [-0.4, -0.2) is 12.6 Å². The van der Waals surface area contributed by atoms with Crippen LogP contribution < -0.4 is 0 Å². The Balaban J connectivity index is 2.31. The topological polar surface area (TPSA) is 35.5 Å². The lowest BCUT2D eigenvalue weighted by atomic mass is 10.0. The zero-order chi connectivity index (χ0) is 10.8. The molecule has 15 heavy (non-hydrogen) atoms. The summed E-state index contributed by atoms with van der Waals surface area (Å²) in [6.07, 6.45) is 6.87. The fraction of sp³-hybridized carbons (Fsp3) is 0.250. The molecule has 0 atom stereocenters. The van der Waals surface area contributed by atoms with Gasteiger partial charge in [-0.1, -0.05) is 17.7 Å². The predicted octanol–water partition coefficient (Wildman–Crippen LogP) is 2.23. The maximum absolute atomic E-state index is 11.6. The zero-order valence-electron chi connectivity index (χ0n) is 8.74. The van der Waals surface area contributed by atoms with Crippen molar-refractivity contribution < 1.29 is 14.3 Å². The molecule has 1 fully saturated rings. The second-order valence-electron chi connectivity index (χ2n) is 3.65. The minimum Gasteiger partial charge on any atom is -0.454 e. The average Bonchev–Trinajstić information content (AvgIpc) is 2.60. The van der Waals surface area contributed by atoms with E-state index in [0.717, 1.165) is 5.57 Å². The predicted molar refractivity (Wildman–Crippen MR) is 55.7 cm³/mol. The van der Waals surface area contributed by atoms with Gasteiger partial charge >= 0.3 is 0 Å². The summed E-state index contributed by atoms with van der Waals surface area (Å²) < 4.78 is 10.3. The highest BCUT2D eigenvalue weighted by Gasteiger charge is 2.24. The van der Waals surface area contributed by atoms with E-state index in [1.165, 1.54) is 6.08 Å². The quantitative estimate of drug-likeness (QED) is 0.614. The second kappa shape index (κ2) is 3.77. The summed E-state index contributed by atoms with van der Waals surface area (Å²) in [5, 5.41) is 0. The standard InChI is InChI=1S/C12H12O3/c1-8(2)3-4-9-5-11-12(6-10(9)13)15-7-14-11/h3-6H,7H2,1-2H3/b9-4+. The first-order valence-electron chi connectivity index (χ1n) is 4.76. The lowest BCUT2D eigenvalue weighted by Gasteiger charge is -2.05. The SMILES string of the molecule is CC(C)=C/C=C1\C=C2OCOC2=CC1=O. The van der Waals surface area contributed by atoms with Crippen molar-refractivity contribution in [2.45, 2.75) is 13.8 Å². The molecule has 2 aliphatic rings. The molecule has 0 bridgehead atoms. The summed E-state index contributed by atoms with van der Waals surface area (Å²) in [6.45, 7) is 4.16. The van der Waals surface area contributed by atoms with E-state index in [4.69, 9.17) is 9.47 Å². The van der Waals surface area contributed by atoms with E-state index < -0.39 is 0 Å². The van der Waals surface area contributed by atoms with Crippen molar-refractivity contribution in [2.75, 3.05) is 6.79 Å². The number of allylic oxidation sites excluding steroid dienone is 6. The molecule has 1 aliphatic heterocycles. The molecule has 0 aromatic heterocycles. The van der Waals surface area contributed by atoms with Crippen LogP contribution in [0, 0.1) is 0 Å². The summed E-state index contributed by atoms with van der Waals surface area (Å²) in [5.41, 5.74) is 1.77. The minimum atomic E-state index is -0.0447. The van der Waals surface area contributed by atoms with Gasteiger partial charge in [-0.3, -0.25) is 4.79 Å². The molecule has 1 aliphatic carbocycles. The second-order valence-corrected chi connectivity index (χ2v) is 3.65. The number of fused-ring (bicyclic) bond motifs is 1. The van der Waals surface area contributed by atoms with Gasteiger partial charge in [0.15, 0.2) is 17.3 Å². The molecule has 3 nitrogen and oxygen atoms in total. The molecule has 0 saturated carbocycles. The summed E-state index contributed by atoms with van der Waals surface area (Å²) >= 11 is 0. The summed E-state index contributed by atoms with van der Waals surface area (Å²) in [4.78, 5) is 11.6. The summed E-state index contributed by atoms with van der Waals surface area (Å²) in [7, 11) is 0. The molecule has 1 heterocycles. The van der Waals surface area contributed by atoms with Gasteiger partial charge in [0.2, 0.25) is 6.79 Å². The molecular weight excluding hydrogens is 192 g/mol. The van der Waals surface area contributed by atoms with Crippen molar-refractivity contribution in [1.82, 2.24) is 0 Å². The Labute approximate surface area is 88.4 Å². The van der Waals surface area contributed by atoms with E-state index >= 15 is 0 Å². The van der Waals surface area contributed by atoms with Crippen molar-refractivity contribution >= 4 is 5.78 Å². The number of hydrogen-bond donors (Lipinski definition) is 0. The van der Waals surface area contributed by atoms with Crippen LogP contribution in [-0.2, 0) is 14.3 Å². The first kappa shape index (κ1) is 9.77. The van der Waals surface area contributed by atoms with Crippen LogP contribution in [0.1, 0.15) is 13.8 Å². The van der Waals surface area contributed by atoms with E-state index in [1.807, 2.05) is 19.9 Å². The van der Waals surface area contributed by atoms with Crippen LogP contribution in [0.4, 0.5) is 0 Å². The third kappa shape index (κ3) is 2.01. The van der Waals surface area contributed by atoms with Gasteiger partial charge in [0, 0.05) is 11.6 Å². The van der Waals surface area contributed by atoms with Gasteiger partial charge in [0.1, 0.15) is 0 Å². The molecular formula is C12H12O3. The van der Waals surface area contributed by atoms with Crippen molar-refractivity contribution in [2.24, 2.45) is 0 Å². The molecule has 0 aromatic rings. The van der Waals surface area contributed by atoms with Gasteiger partial charge in [0.25, 0.3) is 0 Å². The zero-order valence-corrected chi connectivity index (χ0v) is 8.74. The number of hydrogen-bond acceptors (Lipinski definition) is 3. The van der Waals surface area contributed by atoms with Crippen LogP contribution in [0.25, 0.3) is 0 Å². The number of carbonyl (C=O) groups is 1. The van der Waals surface area contributed by atoms with E-state index in [1.54, 1.807) is 12.2 Å². The lowest BCUT2D eigenvalue weighted by Crippen LogP contribution is -2.04. The summed E-state index contributed by atoms with van der Waals surface area (Å²) in [6, 6.07) is 0. The van der Waals surface area contributed by atoms with Gasteiger partial charge < -0.3 is 9.47 Å². The van der Waals surface area contributed by atoms with Gasteiger partial charge in [-0.15, -0.1) is 0 Å². The third-order valence-corrected chi connectivity index (χ3v) is 2.10. The van der Waals surface area contributed by atoms with Gasteiger partial charge in [0.05, 0.1) is 0 Å². The van der Waals surface area contributed by atoms with Crippen LogP contribution in [0.2, 0.25) is 0 Å². The molecule has 0 spiro atoms. The fourth-order valence-corrected chi connectivity index (χ4v) is 1.33. The Morgan fingerprint density at radius 2 is 1.93 bits per heavy atom. The Hall–Kier alpha value is -1.77. The third-order valence-electron chi connectivity index (χ3n) is 2.10. The monoisotopic (exact) mass is 204 g/mol. The van der Waals surface area contributed by atoms with Gasteiger partial charge in [-0.25, -0.2) is 0 Å². The Morgan fingerprint density at radius 1 is 1.27 bits per heavy atom. The van der Waals surface area contributed by atoms with E-state index in [0.29, 0.717) is 17.1 Å². The molecule has 0 unspecified atom stereocenters. The molecule has 1 saturated heterocycles. The maximum atomic E-state index is 11.6. The highest BCUT2D eigenvalue weighted by Crippen LogP contribution is 2.27. The van der Waals surface area contributed by atoms with Gasteiger partial charge in [-0.05, 0) is 19.9 Å². The molecule has 0 amide bonds. The number of rotatable bonds is 1. The molecule has 3 heteroatoms. The van der Waals surface area contributed by atoms with E-state index in [9.17, 15) is 4.79 Å². The average molecular weight is 204 g/mol. The van der Waals surface area contributed by atoms with Crippen LogP contribution >= 0.6 is 0 Å². The minimum absolute atomic E-state index is 0.0447. The van der Waals surface area contributed by atoms with Crippen LogP contribution in [0.5, 0.6) is 0 Å². The fourth-order valence-electron chi connectivity index (χ4n) is 1.33. The number of carbonyl (C=O) groups excluding carboxylic acids is 1. The first-order chi connectivity index (χ1) is 7.16. The Bertz CT molecular complexity index is 418.